The number of nitrogens with one attached hydrogen (secondary N) is 1. The van der Waals surface area contributed by atoms with Crippen LogP contribution in [0.5, 0.6) is 0 Å². The third-order valence-corrected chi connectivity index (χ3v) is 7.17. The number of benzene rings is 2. The van der Waals surface area contributed by atoms with Crippen LogP contribution in [-0.4, -0.2) is 36.9 Å². The summed E-state index contributed by atoms with van der Waals surface area (Å²) in [4.78, 5) is 27.0. The Morgan fingerprint density at radius 2 is 1.78 bits per heavy atom. The third-order valence-electron chi connectivity index (χ3n) is 5.77. The molecule has 2 aromatic carbocycles. The van der Waals surface area contributed by atoms with Gasteiger partial charge >= 0.3 is 5.76 Å². The quantitative estimate of drug-likeness (QED) is 0.613. The summed E-state index contributed by atoms with van der Waals surface area (Å²) in [6, 6.07) is 13.4. The maximum Gasteiger partial charge on any atom is 0.420 e. The highest BCUT2D eigenvalue weighted by molar-refractivity contribution is 7.89. The Balaban J connectivity index is 1.53. The van der Waals surface area contributed by atoms with Gasteiger partial charge in [0.2, 0.25) is 15.9 Å². The molecule has 1 saturated heterocycles. The third kappa shape index (κ3) is 4.78. The molecule has 8 nitrogen and oxygen atoms in total. The minimum atomic E-state index is -3.80. The average molecular weight is 458 g/mol. The molecule has 9 heteroatoms. The van der Waals surface area contributed by atoms with Crippen LogP contribution in [0.1, 0.15) is 25.8 Å². The number of hydrogen-bond donors (Lipinski definition) is 1. The highest BCUT2D eigenvalue weighted by Gasteiger charge is 2.26. The molecule has 0 radical (unpaired) electrons. The van der Waals surface area contributed by atoms with Crippen LogP contribution in [0.3, 0.4) is 0 Å². The smallest absolute Gasteiger partial charge is 0.408 e. The van der Waals surface area contributed by atoms with E-state index in [1.165, 1.54) is 22.8 Å². The molecule has 1 aliphatic rings. The number of oxazole rings is 1. The van der Waals surface area contributed by atoms with Gasteiger partial charge in [0.05, 0.1) is 10.4 Å². The monoisotopic (exact) mass is 457 g/mol. The van der Waals surface area contributed by atoms with Crippen LogP contribution in [0.4, 0.5) is 0 Å². The summed E-state index contributed by atoms with van der Waals surface area (Å²) in [5.74, 6) is 0.000934. The Labute approximate surface area is 186 Å². The second kappa shape index (κ2) is 8.91. The van der Waals surface area contributed by atoms with Crippen LogP contribution >= 0.6 is 0 Å². The second-order valence-corrected chi connectivity index (χ2v) is 10.4. The van der Waals surface area contributed by atoms with Gasteiger partial charge in [0.15, 0.2) is 5.58 Å². The molecule has 32 heavy (non-hydrogen) atoms. The summed E-state index contributed by atoms with van der Waals surface area (Å²) >= 11 is 0. The molecule has 2 atom stereocenters. The van der Waals surface area contributed by atoms with Gasteiger partial charge in [-0.15, -0.1) is 0 Å². The first-order valence-corrected chi connectivity index (χ1v) is 12.2. The zero-order valence-corrected chi connectivity index (χ0v) is 19.0. The fourth-order valence-corrected chi connectivity index (χ4v) is 5.36. The molecule has 4 rings (SSSR count). The zero-order chi connectivity index (χ0) is 22.9. The van der Waals surface area contributed by atoms with Crippen molar-refractivity contribution < 1.29 is 17.6 Å². The molecule has 1 aliphatic heterocycles. The number of nitrogens with zero attached hydrogens (tertiary/aromatic N) is 2. The number of aromatic nitrogens is 1. The van der Waals surface area contributed by atoms with Crippen molar-refractivity contribution in [2.45, 2.75) is 38.3 Å². The Hall–Kier alpha value is -2.91. The van der Waals surface area contributed by atoms with E-state index in [-0.39, 0.29) is 29.5 Å². The molecule has 0 aliphatic carbocycles. The van der Waals surface area contributed by atoms with Gasteiger partial charge in [0, 0.05) is 25.7 Å². The van der Waals surface area contributed by atoms with Crippen molar-refractivity contribution in [3.8, 4) is 0 Å². The summed E-state index contributed by atoms with van der Waals surface area (Å²) in [5, 5.41) is 0. The number of carbonyl (C=O) groups is 1. The predicted octanol–water partition coefficient (Wildman–Crippen LogP) is 2.58. The maximum atomic E-state index is 12.8. The summed E-state index contributed by atoms with van der Waals surface area (Å²) in [7, 11) is -3.80. The molecule has 0 bridgehead atoms. The lowest BCUT2D eigenvalue weighted by atomic mass is 9.92. The molecule has 0 spiro atoms. The number of piperidine rings is 1. The van der Waals surface area contributed by atoms with Crippen molar-refractivity contribution in [1.82, 2.24) is 14.2 Å². The average Bonchev–Trinajstić information content (AvgIpc) is 3.06. The highest BCUT2D eigenvalue weighted by Crippen LogP contribution is 2.22. The van der Waals surface area contributed by atoms with Crippen LogP contribution in [-0.2, 0) is 27.9 Å². The molecule has 0 unspecified atom stereocenters. The number of rotatable bonds is 6. The van der Waals surface area contributed by atoms with Crippen molar-refractivity contribution in [2.24, 2.45) is 11.8 Å². The normalized spacial score (nSPS) is 19.4. The second-order valence-electron chi connectivity index (χ2n) is 8.64. The van der Waals surface area contributed by atoms with Crippen molar-refractivity contribution in [1.29, 1.82) is 0 Å². The first-order chi connectivity index (χ1) is 15.2. The molecule has 0 saturated carbocycles. The van der Waals surface area contributed by atoms with E-state index >= 15 is 0 Å². The minimum Gasteiger partial charge on any atom is -0.408 e. The zero-order valence-electron chi connectivity index (χ0n) is 18.2. The van der Waals surface area contributed by atoms with E-state index < -0.39 is 15.8 Å². The number of sulfonamides is 1. The number of amides is 1. The van der Waals surface area contributed by atoms with E-state index in [2.05, 4.69) is 18.6 Å². The minimum absolute atomic E-state index is 0.00756. The molecule has 3 aromatic rings. The number of fused-ring (bicyclic) bond motifs is 1. The molecule has 1 N–H and O–H groups in total. The van der Waals surface area contributed by atoms with Gasteiger partial charge in [0.1, 0.15) is 6.54 Å². The van der Waals surface area contributed by atoms with Gasteiger partial charge in [-0.05, 0) is 36.0 Å². The van der Waals surface area contributed by atoms with Gasteiger partial charge < -0.3 is 9.32 Å². The summed E-state index contributed by atoms with van der Waals surface area (Å²) in [5.41, 5.74) is 1.35. The molecule has 1 fully saturated rings. The maximum absolute atomic E-state index is 12.8. The summed E-state index contributed by atoms with van der Waals surface area (Å²) < 4.78 is 34.5. The first kappa shape index (κ1) is 22.3. The number of likely N-dealkylation sites (tertiary alicyclic amines) is 1. The topological polar surface area (TPSA) is 102 Å². The molecule has 1 amide bonds. The fraction of sp³-hybridized carbons (Fsp3) is 0.391. The molecular weight excluding hydrogens is 430 g/mol. The SMILES string of the molecule is C[C@@H]1C[C@@H](C)CN(C(=O)Cn2c(=O)oc3cc(S(=O)(=O)NCc4ccccc4)ccc32)C1. The summed E-state index contributed by atoms with van der Waals surface area (Å²) in [6.07, 6.45) is 1.08. The van der Waals surface area contributed by atoms with E-state index in [4.69, 9.17) is 4.42 Å². The van der Waals surface area contributed by atoms with E-state index in [1.807, 2.05) is 30.3 Å². The van der Waals surface area contributed by atoms with E-state index in [0.717, 1.165) is 12.0 Å². The van der Waals surface area contributed by atoms with E-state index in [1.54, 1.807) is 4.90 Å². The van der Waals surface area contributed by atoms with Crippen LogP contribution in [0, 0.1) is 11.8 Å². The van der Waals surface area contributed by atoms with Gasteiger partial charge in [-0.25, -0.2) is 17.9 Å². The lowest BCUT2D eigenvalue weighted by Gasteiger charge is -2.35. The molecule has 2 heterocycles. The van der Waals surface area contributed by atoms with Gasteiger partial charge in [-0.3, -0.25) is 9.36 Å². The Morgan fingerprint density at radius 1 is 1.09 bits per heavy atom. The number of carbonyl (C=O) groups excluding carboxylic acids is 1. The Morgan fingerprint density at radius 3 is 2.47 bits per heavy atom. The Kier molecular flexibility index (Phi) is 6.21. The highest BCUT2D eigenvalue weighted by atomic mass is 32.2. The molecule has 1 aromatic heterocycles. The van der Waals surface area contributed by atoms with Gasteiger partial charge in [-0.1, -0.05) is 44.2 Å². The van der Waals surface area contributed by atoms with Gasteiger partial charge in [0.25, 0.3) is 0 Å². The Bertz CT molecular complexity index is 1270. The molecule has 170 valence electrons. The fourth-order valence-electron chi connectivity index (χ4n) is 4.32. The summed E-state index contributed by atoms with van der Waals surface area (Å²) in [6.45, 7) is 5.58. The van der Waals surface area contributed by atoms with Crippen LogP contribution in [0.25, 0.3) is 11.1 Å². The number of hydrogen-bond acceptors (Lipinski definition) is 5. The van der Waals surface area contributed by atoms with Crippen LogP contribution in [0.15, 0.2) is 62.6 Å². The van der Waals surface area contributed by atoms with Gasteiger partial charge in [-0.2, -0.15) is 0 Å². The molecular formula is C23H27N3O5S. The van der Waals surface area contributed by atoms with E-state index in [9.17, 15) is 18.0 Å². The standard InChI is InChI=1S/C23H27N3O5S/c1-16-10-17(2)14-25(13-16)22(27)15-26-20-9-8-19(11-21(20)31-23(26)28)32(29,30)24-12-18-6-4-3-5-7-18/h3-9,11,16-17,24H,10,12-15H2,1-2H3/t16-,17-/m1/s1. The lowest BCUT2D eigenvalue weighted by molar-refractivity contribution is -0.134. The lowest BCUT2D eigenvalue weighted by Crippen LogP contribution is -2.44. The predicted molar refractivity (Wildman–Crippen MR) is 120 cm³/mol. The van der Waals surface area contributed by atoms with Crippen molar-refractivity contribution >= 4 is 27.0 Å². The largest absolute Gasteiger partial charge is 0.420 e. The first-order valence-electron chi connectivity index (χ1n) is 10.7. The van der Waals surface area contributed by atoms with Crippen molar-refractivity contribution in [3.63, 3.8) is 0 Å². The van der Waals surface area contributed by atoms with Crippen LogP contribution in [0.2, 0.25) is 0 Å². The van der Waals surface area contributed by atoms with Crippen molar-refractivity contribution in [3.05, 3.63) is 64.6 Å². The van der Waals surface area contributed by atoms with E-state index in [0.29, 0.717) is 30.4 Å². The van der Waals surface area contributed by atoms with Crippen LogP contribution < -0.4 is 10.5 Å². The van der Waals surface area contributed by atoms with Crippen molar-refractivity contribution in [2.75, 3.05) is 13.1 Å².